The van der Waals surface area contributed by atoms with Crippen molar-refractivity contribution in [2.24, 2.45) is 17.8 Å². The minimum absolute atomic E-state index is 0.535. The highest BCUT2D eigenvalue weighted by molar-refractivity contribution is 6.61. The summed E-state index contributed by atoms with van der Waals surface area (Å²) in [5.41, 5.74) is 0. The first kappa shape index (κ1) is 49.3. The smallest absolute Gasteiger partial charge is 0.373 e. The Balaban J connectivity index is 3.35. The molecule has 51 heavy (non-hydrogen) atoms. The van der Waals surface area contributed by atoms with Gasteiger partial charge in [0.15, 0.2) is 0 Å². The number of rotatable bonds is 36. The van der Waals surface area contributed by atoms with Crippen molar-refractivity contribution in [3.8, 4) is 0 Å². The molecule has 1 saturated carbocycles. The van der Waals surface area contributed by atoms with Crippen molar-refractivity contribution < 1.29 is 39.8 Å². The molecule has 0 aromatic carbocycles. The average Bonchev–Trinajstić information content (AvgIpc) is 3.16. The van der Waals surface area contributed by atoms with Crippen molar-refractivity contribution in [2.75, 3.05) is 59.5 Å². The van der Waals surface area contributed by atoms with Crippen LogP contribution in [0.15, 0.2) is 0 Å². The molecule has 0 N–H and O–H groups in total. The first-order chi connectivity index (χ1) is 24.8. The van der Waals surface area contributed by atoms with Gasteiger partial charge in [0.2, 0.25) is 0 Å². The Morgan fingerprint density at radius 3 is 0.863 bits per heavy atom. The molecular weight excluding hydrogens is 697 g/mol. The van der Waals surface area contributed by atoms with E-state index in [0.29, 0.717) is 77.2 Å². The molecule has 0 heterocycles. The van der Waals surface area contributed by atoms with Crippen LogP contribution >= 0.6 is 0 Å². The molecule has 0 saturated heterocycles. The van der Waals surface area contributed by atoms with E-state index in [-0.39, 0.29) is 0 Å². The lowest BCUT2D eigenvalue weighted by Gasteiger charge is -2.40. The van der Waals surface area contributed by atoms with Crippen molar-refractivity contribution >= 4 is 26.4 Å². The van der Waals surface area contributed by atoms with Gasteiger partial charge in [0.05, 0.1) is 0 Å². The summed E-state index contributed by atoms with van der Waals surface area (Å²) in [5.74, 6) is 1.70. The molecule has 0 aromatic rings. The molecule has 12 heteroatoms. The number of hydrogen-bond donors (Lipinski definition) is 0. The molecule has 1 fully saturated rings. The summed E-state index contributed by atoms with van der Waals surface area (Å²) in [4.78, 5) is 0. The van der Waals surface area contributed by atoms with E-state index in [0.717, 1.165) is 95.2 Å². The van der Waals surface area contributed by atoms with Gasteiger partial charge in [0.1, 0.15) is 0 Å². The Labute approximate surface area is 319 Å². The maximum absolute atomic E-state index is 6.59. The molecule has 0 radical (unpaired) electrons. The van der Waals surface area contributed by atoms with E-state index in [4.69, 9.17) is 39.8 Å². The molecule has 0 amide bonds. The van der Waals surface area contributed by atoms with Gasteiger partial charge in [-0.15, -0.1) is 0 Å². The highest BCUT2D eigenvalue weighted by atomic mass is 28.4. The first-order valence-corrected chi connectivity index (χ1v) is 27.3. The second-order valence-electron chi connectivity index (χ2n) is 14.5. The van der Waals surface area contributed by atoms with Crippen LogP contribution in [-0.4, -0.2) is 85.9 Å². The molecule has 0 aromatic heterocycles. The molecular formula is C39H84O9Si3. The maximum Gasteiger partial charge on any atom is 0.500 e. The maximum atomic E-state index is 6.59. The van der Waals surface area contributed by atoms with Crippen LogP contribution in [0.25, 0.3) is 0 Å². The van der Waals surface area contributed by atoms with E-state index in [1.54, 1.807) is 0 Å². The fourth-order valence-electron chi connectivity index (χ4n) is 6.87. The predicted molar refractivity (Wildman–Crippen MR) is 216 cm³/mol. The summed E-state index contributed by atoms with van der Waals surface area (Å²) in [7, 11) is -8.36. The van der Waals surface area contributed by atoms with Gasteiger partial charge >= 0.3 is 26.4 Å². The summed E-state index contributed by atoms with van der Waals surface area (Å²) in [6.45, 7) is 25.7. The SMILES string of the molecule is CCCO[Si](CCC1CCC(CC[Si](OCCC)(OCCC)OCCC)C(CC[Si](OCCC)(OCCC)OCCC)C1)(OCCC)OCCC. The largest absolute Gasteiger partial charge is 0.500 e. The van der Waals surface area contributed by atoms with E-state index >= 15 is 0 Å². The van der Waals surface area contributed by atoms with Crippen molar-refractivity contribution in [2.45, 2.75) is 177 Å². The zero-order valence-corrected chi connectivity index (χ0v) is 38.0. The van der Waals surface area contributed by atoms with Gasteiger partial charge in [-0.3, -0.25) is 0 Å². The van der Waals surface area contributed by atoms with Crippen LogP contribution in [0.4, 0.5) is 0 Å². The Morgan fingerprint density at radius 2 is 0.588 bits per heavy atom. The highest BCUT2D eigenvalue weighted by Crippen LogP contribution is 2.44. The van der Waals surface area contributed by atoms with Gasteiger partial charge in [-0.25, -0.2) is 0 Å². The van der Waals surface area contributed by atoms with Crippen LogP contribution in [0.1, 0.15) is 159 Å². The lowest BCUT2D eigenvalue weighted by atomic mass is 9.71. The van der Waals surface area contributed by atoms with Crippen LogP contribution in [0.5, 0.6) is 0 Å². The van der Waals surface area contributed by atoms with Crippen molar-refractivity contribution in [3.63, 3.8) is 0 Å². The lowest BCUT2D eigenvalue weighted by molar-refractivity contribution is 0.0481. The summed E-state index contributed by atoms with van der Waals surface area (Å²) in [6.07, 6.45) is 15.4. The fourth-order valence-corrected chi connectivity index (χ4v) is 15.8. The summed E-state index contributed by atoms with van der Waals surface area (Å²) in [6, 6.07) is 2.64. The Hall–Kier alpha value is 0.291. The third kappa shape index (κ3) is 20.1. The molecule has 3 unspecified atom stereocenters. The predicted octanol–water partition coefficient (Wildman–Crippen LogP) is 10.8. The number of hydrogen-bond acceptors (Lipinski definition) is 9. The molecule has 0 bridgehead atoms. The third-order valence-corrected chi connectivity index (χ3v) is 18.0. The third-order valence-electron chi connectivity index (χ3n) is 9.48. The van der Waals surface area contributed by atoms with E-state index in [1.165, 1.54) is 19.3 Å². The van der Waals surface area contributed by atoms with Gasteiger partial charge in [-0.05, 0) is 108 Å². The van der Waals surface area contributed by atoms with Crippen LogP contribution in [0.2, 0.25) is 18.1 Å². The summed E-state index contributed by atoms with van der Waals surface area (Å²) in [5, 5.41) is 0. The first-order valence-electron chi connectivity index (χ1n) is 21.6. The highest BCUT2D eigenvalue weighted by Gasteiger charge is 2.46. The molecule has 306 valence electrons. The van der Waals surface area contributed by atoms with Gasteiger partial charge in [0.25, 0.3) is 0 Å². The molecule has 9 nitrogen and oxygen atoms in total. The van der Waals surface area contributed by atoms with Gasteiger partial charge in [-0.1, -0.05) is 68.7 Å². The van der Waals surface area contributed by atoms with Crippen molar-refractivity contribution in [1.82, 2.24) is 0 Å². The normalized spacial score (nSPS) is 18.9. The monoisotopic (exact) mass is 781 g/mol. The van der Waals surface area contributed by atoms with Crippen LogP contribution in [0, 0.1) is 17.8 Å². The van der Waals surface area contributed by atoms with E-state index in [1.807, 2.05) is 0 Å². The van der Waals surface area contributed by atoms with Crippen LogP contribution in [-0.2, 0) is 39.8 Å². The molecule has 1 aliphatic rings. The van der Waals surface area contributed by atoms with Crippen LogP contribution < -0.4 is 0 Å². The van der Waals surface area contributed by atoms with E-state index in [2.05, 4.69) is 62.3 Å². The van der Waals surface area contributed by atoms with Gasteiger partial charge < -0.3 is 39.8 Å². The van der Waals surface area contributed by atoms with E-state index < -0.39 is 26.4 Å². The van der Waals surface area contributed by atoms with Crippen molar-refractivity contribution in [1.29, 1.82) is 0 Å². The zero-order valence-electron chi connectivity index (χ0n) is 35.0. The second kappa shape index (κ2) is 30.5. The fraction of sp³-hybridized carbons (Fsp3) is 1.00. The second-order valence-corrected chi connectivity index (χ2v) is 22.7. The van der Waals surface area contributed by atoms with Gasteiger partial charge in [-0.2, -0.15) is 0 Å². The molecule has 1 rings (SSSR count). The molecule has 1 aliphatic carbocycles. The minimum atomic E-state index is -2.82. The van der Waals surface area contributed by atoms with Gasteiger partial charge in [0, 0.05) is 77.6 Å². The topological polar surface area (TPSA) is 83.1 Å². The van der Waals surface area contributed by atoms with Crippen molar-refractivity contribution in [3.05, 3.63) is 0 Å². The Morgan fingerprint density at radius 1 is 0.333 bits per heavy atom. The summed E-state index contributed by atoms with van der Waals surface area (Å²) >= 11 is 0. The summed E-state index contributed by atoms with van der Waals surface area (Å²) < 4.78 is 59.0. The zero-order chi connectivity index (χ0) is 37.7. The molecule has 0 spiro atoms. The average molecular weight is 781 g/mol. The molecule has 0 aliphatic heterocycles. The van der Waals surface area contributed by atoms with Crippen LogP contribution in [0.3, 0.4) is 0 Å². The van der Waals surface area contributed by atoms with E-state index in [9.17, 15) is 0 Å². The molecule has 3 atom stereocenters. The standard InChI is InChI=1S/C39H84O9Si3/c1-10-24-40-49(41-25-11-2,42-26-12-3)33-21-37-19-20-38(22-34-50(43-27-13-4,44-28-14-5)45-29-15-6)39(36-37)23-35-51(46-30-16-7,47-31-17-8)48-32-18-9/h37-39H,10-36H2,1-9H3. The Kier molecular flexibility index (Phi) is 29.5. The minimum Gasteiger partial charge on any atom is -0.373 e. The lowest BCUT2D eigenvalue weighted by Crippen LogP contribution is -2.48. The Bertz CT molecular complexity index is 732. The quantitative estimate of drug-likeness (QED) is 0.0577.